The smallest absolute Gasteiger partial charge is 0.414 e. The highest BCUT2D eigenvalue weighted by molar-refractivity contribution is 7.86. The number of nitrogens with zero attached hydrogens (tertiary/aromatic N) is 4. The molecule has 2 saturated heterocycles. The van der Waals surface area contributed by atoms with Gasteiger partial charge in [0.15, 0.2) is 0 Å². The number of rotatable bonds is 6. The fraction of sp³-hybridized carbons (Fsp3) is 0.556. The van der Waals surface area contributed by atoms with Crippen molar-refractivity contribution in [3.8, 4) is 0 Å². The van der Waals surface area contributed by atoms with Crippen molar-refractivity contribution >= 4 is 44.9 Å². The van der Waals surface area contributed by atoms with E-state index in [0.717, 1.165) is 0 Å². The molecule has 0 aromatic heterocycles. The van der Waals surface area contributed by atoms with E-state index in [9.17, 15) is 17.6 Å². The number of piperazine rings is 1. The molecule has 0 saturated carbocycles. The number of carbonyl (C=O) groups is 1. The fourth-order valence-electron chi connectivity index (χ4n) is 3.41. The molecular formula is C18H26FN5O4S2. The van der Waals surface area contributed by atoms with Crippen LogP contribution in [0.1, 0.15) is 6.92 Å². The first-order valence-electron chi connectivity index (χ1n) is 9.54. The zero-order chi connectivity index (χ0) is 22.1. The first kappa shape index (κ1) is 22.7. The molecule has 1 amide bonds. The lowest BCUT2D eigenvalue weighted by Crippen LogP contribution is -2.51. The molecule has 2 heterocycles. The molecule has 2 aliphatic heterocycles. The highest BCUT2D eigenvalue weighted by Crippen LogP contribution is 2.28. The Morgan fingerprint density at radius 3 is 2.53 bits per heavy atom. The van der Waals surface area contributed by atoms with Gasteiger partial charge in [-0.2, -0.15) is 17.0 Å². The zero-order valence-corrected chi connectivity index (χ0v) is 18.8. The zero-order valence-electron chi connectivity index (χ0n) is 17.2. The second kappa shape index (κ2) is 9.00. The third-order valence-corrected chi connectivity index (χ3v) is 7.15. The van der Waals surface area contributed by atoms with E-state index in [1.807, 2.05) is 0 Å². The molecule has 9 nitrogen and oxygen atoms in total. The Balaban J connectivity index is 1.65. The Kier molecular flexibility index (Phi) is 6.80. The molecule has 12 heteroatoms. The lowest BCUT2D eigenvalue weighted by Gasteiger charge is -2.36. The first-order valence-corrected chi connectivity index (χ1v) is 11.3. The summed E-state index contributed by atoms with van der Waals surface area (Å²) < 4.78 is 47.1. The van der Waals surface area contributed by atoms with E-state index < -0.39 is 22.1 Å². The van der Waals surface area contributed by atoms with Gasteiger partial charge in [-0.25, -0.2) is 9.18 Å². The molecule has 1 unspecified atom stereocenters. The number of halogens is 1. The normalized spacial score (nSPS) is 20.6. The largest absolute Gasteiger partial charge is 0.442 e. The van der Waals surface area contributed by atoms with Crippen molar-refractivity contribution < 1.29 is 22.3 Å². The van der Waals surface area contributed by atoms with Gasteiger partial charge < -0.3 is 15.0 Å². The van der Waals surface area contributed by atoms with Crippen LogP contribution in [-0.2, 0) is 14.9 Å². The Morgan fingerprint density at radius 2 is 1.97 bits per heavy atom. The third kappa shape index (κ3) is 4.82. The minimum atomic E-state index is -3.48. The molecule has 0 aliphatic carbocycles. The number of ether oxygens (including phenoxy) is 1. The molecular weight excluding hydrogens is 433 g/mol. The summed E-state index contributed by atoms with van der Waals surface area (Å²) in [6.45, 7) is 3.74. The molecule has 1 aromatic rings. The van der Waals surface area contributed by atoms with Crippen molar-refractivity contribution in [2.75, 3.05) is 63.2 Å². The van der Waals surface area contributed by atoms with Crippen LogP contribution in [0.5, 0.6) is 0 Å². The van der Waals surface area contributed by atoms with Crippen molar-refractivity contribution in [2.24, 2.45) is 0 Å². The minimum absolute atomic E-state index is 0.272. The highest BCUT2D eigenvalue weighted by Gasteiger charge is 2.33. The van der Waals surface area contributed by atoms with Gasteiger partial charge in [0.1, 0.15) is 11.9 Å². The van der Waals surface area contributed by atoms with Gasteiger partial charge in [0.25, 0.3) is 10.2 Å². The molecule has 2 fully saturated rings. The summed E-state index contributed by atoms with van der Waals surface area (Å²) in [5.41, 5.74) is 0.791. The predicted octanol–water partition coefficient (Wildman–Crippen LogP) is 1.02. The van der Waals surface area contributed by atoms with Crippen molar-refractivity contribution in [2.45, 2.75) is 13.0 Å². The molecule has 3 rings (SSSR count). The molecule has 0 spiro atoms. The summed E-state index contributed by atoms with van der Waals surface area (Å²) in [6, 6.07) is 4.59. The standard InChI is InChI=1S/C18H26FN5O4S2/c1-13(29)20-11-15-12-24(18(25)28-15)14-4-5-17(16(19)10-14)22-6-8-23(9-7-22)30(26,27)21(2)3/h4-5,10,15H,6-9,11-12H2,1-3H3,(H,20,29). The Bertz CT molecular complexity index is 919. The van der Waals surface area contributed by atoms with Gasteiger partial charge in [0.2, 0.25) is 0 Å². The quantitative estimate of drug-likeness (QED) is 0.636. The number of hydrogen-bond acceptors (Lipinski definition) is 6. The maximum Gasteiger partial charge on any atom is 0.414 e. The van der Waals surface area contributed by atoms with Crippen molar-refractivity contribution in [1.82, 2.24) is 13.9 Å². The van der Waals surface area contributed by atoms with Crippen LogP contribution in [0.15, 0.2) is 18.2 Å². The monoisotopic (exact) mass is 459 g/mol. The maximum absolute atomic E-state index is 14.8. The Hall–Kier alpha value is -2.02. The van der Waals surface area contributed by atoms with E-state index in [1.165, 1.54) is 33.7 Å². The van der Waals surface area contributed by atoms with Crippen LogP contribution in [0.3, 0.4) is 0 Å². The predicted molar refractivity (Wildman–Crippen MR) is 117 cm³/mol. The molecule has 1 atom stereocenters. The van der Waals surface area contributed by atoms with Crippen LogP contribution in [0.25, 0.3) is 0 Å². The Morgan fingerprint density at radius 1 is 1.30 bits per heavy atom. The number of benzene rings is 1. The van der Waals surface area contributed by atoms with E-state index in [1.54, 1.807) is 24.0 Å². The van der Waals surface area contributed by atoms with Gasteiger partial charge in [-0.15, -0.1) is 0 Å². The number of carbonyl (C=O) groups excluding carboxylic acids is 1. The number of cyclic esters (lactones) is 1. The Labute approximate surface area is 181 Å². The fourth-order valence-corrected chi connectivity index (χ4v) is 4.58. The molecule has 1 N–H and O–H groups in total. The molecule has 1 aromatic carbocycles. The molecule has 2 aliphatic rings. The van der Waals surface area contributed by atoms with Gasteiger partial charge in [-0.1, -0.05) is 12.2 Å². The van der Waals surface area contributed by atoms with Gasteiger partial charge in [0, 0.05) is 40.3 Å². The molecule has 30 heavy (non-hydrogen) atoms. The molecule has 0 bridgehead atoms. The SMILES string of the molecule is CC(=S)NCC1CN(c2ccc(N3CCN(S(=O)(=O)N(C)C)CC3)c(F)c2)C(=O)O1. The van der Waals surface area contributed by atoms with Crippen LogP contribution in [0.4, 0.5) is 20.6 Å². The van der Waals surface area contributed by atoms with Crippen LogP contribution in [0, 0.1) is 5.82 Å². The van der Waals surface area contributed by atoms with Crippen molar-refractivity contribution in [3.05, 3.63) is 24.0 Å². The van der Waals surface area contributed by atoms with Crippen molar-refractivity contribution in [1.29, 1.82) is 0 Å². The number of amides is 1. The summed E-state index contributed by atoms with van der Waals surface area (Å²) in [7, 11) is -0.507. The van der Waals surface area contributed by atoms with E-state index >= 15 is 0 Å². The summed E-state index contributed by atoms with van der Waals surface area (Å²) in [5, 5.41) is 2.96. The van der Waals surface area contributed by atoms with Crippen LogP contribution in [-0.4, -0.2) is 87.6 Å². The summed E-state index contributed by atoms with van der Waals surface area (Å²) in [6.07, 6.45) is -0.900. The van der Waals surface area contributed by atoms with E-state index in [2.05, 4.69) is 5.32 Å². The first-order chi connectivity index (χ1) is 14.1. The number of hydrogen-bond donors (Lipinski definition) is 1. The van der Waals surface area contributed by atoms with Gasteiger partial charge in [-0.3, -0.25) is 4.90 Å². The maximum atomic E-state index is 14.8. The summed E-state index contributed by atoms with van der Waals surface area (Å²) in [5.74, 6) is -0.472. The molecule has 0 radical (unpaired) electrons. The van der Waals surface area contributed by atoms with Gasteiger partial charge in [0.05, 0.1) is 29.5 Å². The van der Waals surface area contributed by atoms with Crippen molar-refractivity contribution in [3.63, 3.8) is 0 Å². The van der Waals surface area contributed by atoms with Crippen LogP contribution >= 0.6 is 12.2 Å². The van der Waals surface area contributed by atoms with Crippen LogP contribution < -0.4 is 15.1 Å². The average Bonchev–Trinajstić information content (AvgIpc) is 3.07. The lowest BCUT2D eigenvalue weighted by atomic mass is 10.2. The highest BCUT2D eigenvalue weighted by atomic mass is 32.2. The van der Waals surface area contributed by atoms with Crippen LogP contribution in [0.2, 0.25) is 0 Å². The number of thiocarbonyl (C=S) groups is 1. The summed E-state index contributed by atoms with van der Waals surface area (Å²) >= 11 is 4.96. The van der Waals surface area contributed by atoms with Gasteiger partial charge >= 0.3 is 6.09 Å². The topological polar surface area (TPSA) is 85.4 Å². The van der Waals surface area contributed by atoms with E-state index in [-0.39, 0.29) is 19.2 Å². The second-order valence-corrected chi connectivity index (χ2v) is 10.1. The minimum Gasteiger partial charge on any atom is -0.442 e. The van der Waals surface area contributed by atoms with Gasteiger partial charge in [-0.05, 0) is 25.1 Å². The second-order valence-electron chi connectivity index (χ2n) is 7.37. The number of anilines is 2. The summed E-state index contributed by atoms with van der Waals surface area (Å²) in [4.78, 5) is 16.0. The van der Waals surface area contributed by atoms with E-state index in [4.69, 9.17) is 17.0 Å². The molecule has 166 valence electrons. The third-order valence-electron chi connectivity index (χ3n) is 5.06. The average molecular weight is 460 g/mol. The van der Waals surface area contributed by atoms with E-state index in [0.29, 0.717) is 42.5 Å². The lowest BCUT2D eigenvalue weighted by molar-refractivity contribution is 0.143. The number of nitrogens with one attached hydrogen (secondary N) is 1.